The molecule has 0 heterocycles. The van der Waals surface area contributed by atoms with Gasteiger partial charge in [0, 0.05) is 18.0 Å². The van der Waals surface area contributed by atoms with Crippen LogP contribution in [0.15, 0.2) is 24.3 Å². The number of rotatable bonds is 4. The molecule has 0 aromatic heterocycles. The minimum absolute atomic E-state index is 0.0205. The fraction of sp³-hybridized carbons (Fsp3) is 0.273. The van der Waals surface area contributed by atoms with Gasteiger partial charge in [0.15, 0.2) is 0 Å². The largest absolute Gasteiger partial charge is 0.573 e. The molecule has 3 amide bonds. The summed E-state index contributed by atoms with van der Waals surface area (Å²) in [5.41, 5.74) is 0.204. The van der Waals surface area contributed by atoms with Gasteiger partial charge in [-0.2, -0.15) is 0 Å². The number of imide groups is 1. The van der Waals surface area contributed by atoms with Crippen LogP contribution in [0.1, 0.15) is 6.42 Å². The van der Waals surface area contributed by atoms with Crippen molar-refractivity contribution in [3.05, 3.63) is 24.3 Å². The molecule has 0 aliphatic heterocycles. The number of urea groups is 1. The summed E-state index contributed by atoms with van der Waals surface area (Å²) in [6.45, 7) is 0. The molecule has 1 aromatic rings. The van der Waals surface area contributed by atoms with E-state index < -0.39 is 24.1 Å². The molecule has 0 atom stereocenters. The van der Waals surface area contributed by atoms with Crippen LogP contribution in [-0.4, -0.2) is 24.2 Å². The SMILES string of the molecule is O=C(CCCl)NC(=O)Nc1ccc(OC(F)(F)F)cc1. The molecular formula is C11H10ClF3N2O3. The summed E-state index contributed by atoms with van der Waals surface area (Å²) in [4.78, 5) is 22.4. The highest BCUT2D eigenvalue weighted by Gasteiger charge is 2.30. The van der Waals surface area contributed by atoms with Gasteiger partial charge in [-0.3, -0.25) is 10.1 Å². The van der Waals surface area contributed by atoms with E-state index in [2.05, 4.69) is 10.1 Å². The van der Waals surface area contributed by atoms with Crippen molar-refractivity contribution in [2.75, 3.05) is 11.2 Å². The maximum absolute atomic E-state index is 11.9. The second kappa shape index (κ2) is 6.99. The lowest BCUT2D eigenvalue weighted by Gasteiger charge is -2.10. The molecule has 0 spiro atoms. The summed E-state index contributed by atoms with van der Waals surface area (Å²) >= 11 is 5.31. The van der Waals surface area contributed by atoms with E-state index in [4.69, 9.17) is 11.6 Å². The Morgan fingerprint density at radius 3 is 2.30 bits per heavy atom. The fourth-order valence-electron chi connectivity index (χ4n) is 1.18. The summed E-state index contributed by atoms with van der Waals surface area (Å²) in [6.07, 6.45) is -4.80. The third kappa shape index (κ3) is 6.28. The number of ether oxygens (including phenoxy) is 1. The first-order valence-corrected chi connectivity index (χ1v) is 5.86. The monoisotopic (exact) mass is 310 g/mol. The van der Waals surface area contributed by atoms with Crippen LogP contribution in [0.2, 0.25) is 0 Å². The zero-order valence-corrected chi connectivity index (χ0v) is 10.7. The topological polar surface area (TPSA) is 67.4 Å². The number of benzene rings is 1. The number of carbonyl (C=O) groups excluding carboxylic acids is 2. The number of alkyl halides is 4. The number of hydrogen-bond acceptors (Lipinski definition) is 3. The van der Waals surface area contributed by atoms with Gasteiger partial charge in [0.2, 0.25) is 5.91 Å². The third-order valence-corrected chi connectivity index (χ3v) is 2.11. The van der Waals surface area contributed by atoms with Crippen LogP contribution in [0, 0.1) is 0 Å². The Morgan fingerprint density at radius 2 is 1.80 bits per heavy atom. The molecule has 9 heteroatoms. The van der Waals surface area contributed by atoms with Crippen LogP contribution in [0.25, 0.3) is 0 Å². The third-order valence-electron chi connectivity index (χ3n) is 1.92. The van der Waals surface area contributed by atoms with E-state index in [1.54, 1.807) is 0 Å². The average Bonchev–Trinajstić information content (AvgIpc) is 2.30. The number of amides is 3. The van der Waals surface area contributed by atoms with Gasteiger partial charge in [-0.1, -0.05) is 0 Å². The molecule has 20 heavy (non-hydrogen) atoms. The van der Waals surface area contributed by atoms with E-state index in [1.165, 1.54) is 12.1 Å². The van der Waals surface area contributed by atoms with Gasteiger partial charge >= 0.3 is 12.4 Å². The zero-order valence-electron chi connectivity index (χ0n) is 9.96. The standard InChI is InChI=1S/C11H10ClF3N2O3/c12-6-5-9(18)17-10(19)16-7-1-3-8(4-2-7)20-11(13,14)15/h1-4H,5-6H2,(H2,16,17,18,19). The molecule has 0 aliphatic rings. The predicted molar refractivity (Wildman–Crippen MR) is 65.6 cm³/mol. The first kappa shape index (κ1) is 16.1. The number of hydrogen-bond donors (Lipinski definition) is 2. The minimum Gasteiger partial charge on any atom is -0.406 e. The Labute approximate surface area is 117 Å². The molecule has 1 aromatic carbocycles. The highest BCUT2D eigenvalue weighted by Crippen LogP contribution is 2.23. The molecule has 0 bridgehead atoms. The van der Waals surface area contributed by atoms with Crippen molar-refractivity contribution in [1.29, 1.82) is 0 Å². The van der Waals surface area contributed by atoms with E-state index in [-0.39, 0.29) is 18.0 Å². The Hall–Kier alpha value is -1.96. The summed E-state index contributed by atoms with van der Waals surface area (Å²) < 4.78 is 39.4. The van der Waals surface area contributed by atoms with Gasteiger partial charge in [-0.05, 0) is 24.3 Å². The van der Waals surface area contributed by atoms with Gasteiger partial charge in [-0.15, -0.1) is 24.8 Å². The predicted octanol–water partition coefficient (Wildman–Crippen LogP) is 2.86. The molecule has 110 valence electrons. The van der Waals surface area contributed by atoms with Gasteiger partial charge in [0.05, 0.1) is 0 Å². The zero-order chi connectivity index (χ0) is 15.2. The maximum Gasteiger partial charge on any atom is 0.573 e. The lowest BCUT2D eigenvalue weighted by molar-refractivity contribution is -0.274. The Kier molecular flexibility index (Phi) is 5.63. The number of anilines is 1. The lowest BCUT2D eigenvalue weighted by Crippen LogP contribution is -2.34. The van der Waals surface area contributed by atoms with Crippen LogP contribution >= 0.6 is 11.6 Å². The number of carbonyl (C=O) groups is 2. The molecule has 0 aliphatic carbocycles. The quantitative estimate of drug-likeness (QED) is 0.840. The van der Waals surface area contributed by atoms with Crippen molar-refractivity contribution in [3.63, 3.8) is 0 Å². The van der Waals surface area contributed by atoms with Gasteiger partial charge in [-0.25, -0.2) is 4.79 Å². The minimum atomic E-state index is -4.78. The molecule has 0 saturated carbocycles. The Bertz CT molecular complexity index is 477. The van der Waals surface area contributed by atoms with Crippen molar-refractivity contribution in [1.82, 2.24) is 5.32 Å². The second-order valence-electron chi connectivity index (χ2n) is 3.51. The first-order valence-electron chi connectivity index (χ1n) is 5.33. The highest BCUT2D eigenvalue weighted by atomic mass is 35.5. The van der Waals surface area contributed by atoms with Crippen LogP contribution in [0.5, 0.6) is 5.75 Å². The average molecular weight is 311 g/mol. The molecular weight excluding hydrogens is 301 g/mol. The van der Waals surface area contributed by atoms with Gasteiger partial charge in [0.25, 0.3) is 0 Å². The smallest absolute Gasteiger partial charge is 0.406 e. The molecule has 0 radical (unpaired) electrons. The summed E-state index contributed by atoms with van der Waals surface area (Å²) in [5.74, 6) is -0.904. The summed E-state index contributed by atoms with van der Waals surface area (Å²) in [5, 5.41) is 4.27. The molecule has 5 nitrogen and oxygen atoms in total. The summed E-state index contributed by atoms with van der Waals surface area (Å²) in [6, 6.07) is 3.66. The van der Waals surface area contributed by atoms with Gasteiger partial charge in [0.1, 0.15) is 5.75 Å². The van der Waals surface area contributed by atoms with E-state index in [9.17, 15) is 22.8 Å². The maximum atomic E-state index is 11.9. The Balaban J connectivity index is 2.53. The van der Waals surface area contributed by atoms with Crippen molar-refractivity contribution in [3.8, 4) is 5.75 Å². The van der Waals surface area contributed by atoms with Gasteiger partial charge < -0.3 is 10.1 Å². The van der Waals surface area contributed by atoms with Crippen LogP contribution < -0.4 is 15.4 Å². The summed E-state index contributed by atoms with van der Waals surface area (Å²) in [7, 11) is 0. The van der Waals surface area contributed by atoms with Crippen molar-refractivity contribution in [2.45, 2.75) is 12.8 Å². The highest BCUT2D eigenvalue weighted by molar-refractivity contribution is 6.19. The van der Waals surface area contributed by atoms with E-state index in [0.717, 1.165) is 12.1 Å². The normalized spacial score (nSPS) is 10.8. The van der Waals surface area contributed by atoms with Crippen molar-refractivity contribution >= 4 is 29.2 Å². The lowest BCUT2D eigenvalue weighted by atomic mass is 10.3. The second-order valence-corrected chi connectivity index (χ2v) is 3.89. The molecule has 1 rings (SSSR count). The number of nitrogens with one attached hydrogen (secondary N) is 2. The van der Waals surface area contributed by atoms with E-state index in [1.807, 2.05) is 5.32 Å². The van der Waals surface area contributed by atoms with Crippen LogP contribution in [0.4, 0.5) is 23.7 Å². The van der Waals surface area contributed by atoms with E-state index >= 15 is 0 Å². The van der Waals surface area contributed by atoms with Crippen LogP contribution in [-0.2, 0) is 4.79 Å². The van der Waals surface area contributed by atoms with E-state index in [0.29, 0.717) is 0 Å². The molecule has 0 saturated heterocycles. The Morgan fingerprint density at radius 1 is 1.20 bits per heavy atom. The number of halogens is 4. The molecule has 0 fully saturated rings. The van der Waals surface area contributed by atoms with Crippen molar-refractivity contribution in [2.24, 2.45) is 0 Å². The molecule has 2 N–H and O–H groups in total. The fourth-order valence-corrected chi connectivity index (χ4v) is 1.35. The van der Waals surface area contributed by atoms with Crippen LogP contribution in [0.3, 0.4) is 0 Å². The first-order chi connectivity index (χ1) is 9.30. The van der Waals surface area contributed by atoms with Crippen molar-refractivity contribution < 1.29 is 27.5 Å². The molecule has 0 unspecified atom stereocenters.